The molecule has 0 bridgehead atoms. The van der Waals surface area contributed by atoms with Crippen LogP contribution in [0, 0.1) is 0 Å². The Morgan fingerprint density at radius 3 is 3.14 bits per heavy atom. The van der Waals surface area contributed by atoms with Crippen LogP contribution in [-0.2, 0) is 6.54 Å². The number of primary amides is 1. The van der Waals surface area contributed by atoms with Crippen LogP contribution in [0.4, 0.5) is 4.79 Å². The topological polar surface area (TPSA) is 75.0 Å². The molecule has 0 spiro atoms. The molecule has 0 aliphatic rings. The van der Waals surface area contributed by atoms with Gasteiger partial charge in [-0.15, -0.1) is 0 Å². The van der Waals surface area contributed by atoms with E-state index in [0.717, 1.165) is 11.3 Å². The molecule has 0 aliphatic carbocycles. The van der Waals surface area contributed by atoms with E-state index in [1.165, 1.54) is 0 Å². The van der Waals surface area contributed by atoms with Crippen LogP contribution in [0.3, 0.4) is 0 Å². The number of amides is 2. The van der Waals surface area contributed by atoms with Gasteiger partial charge in [-0.1, -0.05) is 6.07 Å². The fourth-order valence-electron chi connectivity index (χ4n) is 1.31. The van der Waals surface area contributed by atoms with E-state index in [2.05, 4.69) is 10.3 Å². The third-order valence-corrected chi connectivity index (χ3v) is 1.93. The van der Waals surface area contributed by atoms with Crippen LogP contribution in [0.5, 0.6) is 0 Å². The maximum Gasteiger partial charge on any atom is 0.312 e. The van der Waals surface area contributed by atoms with Crippen molar-refractivity contribution in [1.29, 1.82) is 0 Å². The minimum Gasteiger partial charge on any atom is -0.352 e. The molecular formula is C9H11N4O+. The highest BCUT2D eigenvalue weighted by Gasteiger charge is 2.07. The normalized spacial score (nSPS) is 10.3. The number of aromatic nitrogens is 2. The number of H-pyrrole nitrogens is 1. The molecule has 0 radical (unpaired) electrons. The van der Waals surface area contributed by atoms with Crippen LogP contribution in [0.2, 0.25) is 0 Å². The highest BCUT2D eigenvalue weighted by atomic mass is 16.2. The van der Waals surface area contributed by atoms with Gasteiger partial charge in [0, 0.05) is 6.07 Å². The number of pyridine rings is 1. The molecule has 2 aromatic heterocycles. The second-order valence-corrected chi connectivity index (χ2v) is 2.99. The summed E-state index contributed by atoms with van der Waals surface area (Å²) in [5.41, 5.74) is 6.86. The molecule has 0 saturated carbocycles. The van der Waals surface area contributed by atoms with Crippen molar-refractivity contribution in [2.24, 2.45) is 5.73 Å². The fourth-order valence-corrected chi connectivity index (χ4v) is 1.31. The molecule has 14 heavy (non-hydrogen) atoms. The van der Waals surface area contributed by atoms with E-state index in [9.17, 15) is 4.79 Å². The molecular weight excluding hydrogens is 180 g/mol. The molecule has 0 aromatic carbocycles. The monoisotopic (exact) mass is 191 g/mol. The first kappa shape index (κ1) is 8.55. The Labute approximate surface area is 80.6 Å². The van der Waals surface area contributed by atoms with Gasteiger partial charge in [0.25, 0.3) is 5.65 Å². The minimum atomic E-state index is -0.520. The summed E-state index contributed by atoms with van der Waals surface area (Å²) in [6, 6.07) is 5.31. The predicted octanol–water partition coefficient (Wildman–Crippen LogP) is -0.0783. The van der Waals surface area contributed by atoms with E-state index in [-0.39, 0.29) is 0 Å². The Balaban J connectivity index is 2.22. The van der Waals surface area contributed by atoms with E-state index < -0.39 is 6.03 Å². The smallest absolute Gasteiger partial charge is 0.312 e. The number of carbonyl (C=O) groups excluding carboxylic acids is 1. The lowest BCUT2D eigenvalue weighted by Gasteiger charge is -1.93. The number of carbonyl (C=O) groups is 1. The summed E-state index contributed by atoms with van der Waals surface area (Å²) in [5.74, 6) is 0. The van der Waals surface area contributed by atoms with Crippen LogP contribution in [0.1, 0.15) is 5.69 Å². The number of hydrogen-bond acceptors (Lipinski definition) is 1. The van der Waals surface area contributed by atoms with Gasteiger partial charge in [-0.05, 0) is 6.07 Å². The zero-order chi connectivity index (χ0) is 9.97. The fraction of sp³-hybridized carbons (Fsp3) is 0.111. The van der Waals surface area contributed by atoms with Gasteiger partial charge in [0.15, 0.2) is 5.69 Å². The molecule has 2 aromatic rings. The van der Waals surface area contributed by atoms with E-state index in [0.29, 0.717) is 6.54 Å². The second-order valence-electron chi connectivity index (χ2n) is 2.99. The molecule has 0 saturated heterocycles. The maximum absolute atomic E-state index is 10.5. The third-order valence-electron chi connectivity index (χ3n) is 1.93. The number of rotatable bonds is 2. The molecule has 2 rings (SSSR count). The van der Waals surface area contributed by atoms with Crippen LogP contribution in [0.25, 0.3) is 5.65 Å². The minimum absolute atomic E-state index is 0.414. The molecule has 2 amide bonds. The lowest BCUT2D eigenvalue weighted by atomic mass is 10.5. The second kappa shape index (κ2) is 3.37. The number of imidazole rings is 1. The van der Waals surface area contributed by atoms with Crippen molar-refractivity contribution in [2.75, 3.05) is 0 Å². The number of fused-ring (bicyclic) bond motifs is 1. The standard InChI is InChI=1S/C9H10N4O/c10-9(14)11-5-7-6-13-4-2-1-3-8(13)12-7/h1-4,6H,5H2,(H3,10,11,14)/p+1. The molecule has 5 heteroatoms. The van der Waals surface area contributed by atoms with E-state index >= 15 is 0 Å². The summed E-state index contributed by atoms with van der Waals surface area (Å²) < 4.78 is 1.94. The van der Waals surface area contributed by atoms with Crippen molar-refractivity contribution >= 4 is 11.7 Å². The van der Waals surface area contributed by atoms with Crippen molar-refractivity contribution in [2.45, 2.75) is 6.54 Å². The molecule has 0 atom stereocenters. The van der Waals surface area contributed by atoms with Gasteiger partial charge in [0.2, 0.25) is 0 Å². The zero-order valence-corrected chi connectivity index (χ0v) is 7.53. The van der Waals surface area contributed by atoms with Gasteiger partial charge >= 0.3 is 6.03 Å². The summed E-state index contributed by atoms with van der Waals surface area (Å²) >= 11 is 0. The van der Waals surface area contributed by atoms with E-state index in [1.807, 2.05) is 35.0 Å². The number of aromatic amines is 1. The van der Waals surface area contributed by atoms with Gasteiger partial charge < -0.3 is 11.1 Å². The number of nitrogens with two attached hydrogens (primary N) is 1. The van der Waals surface area contributed by atoms with Gasteiger partial charge in [-0.2, -0.15) is 0 Å². The summed E-state index contributed by atoms with van der Waals surface area (Å²) in [4.78, 5) is 13.6. The Morgan fingerprint density at radius 2 is 2.43 bits per heavy atom. The van der Waals surface area contributed by atoms with Crippen LogP contribution < -0.4 is 15.5 Å². The Morgan fingerprint density at radius 1 is 1.57 bits per heavy atom. The van der Waals surface area contributed by atoms with Gasteiger partial charge in [0.05, 0.1) is 12.7 Å². The van der Waals surface area contributed by atoms with E-state index in [1.54, 1.807) is 0 Å². The van der Waals surface area contributed by atoms with Crippen molar-refractivity contribution in [3.05, 3.63) is 36.3 Å². The Kier molecular flexibility index (Phi) is 2.06. The van der Waals surface area contributed by atoms with Gasteiger partial charge in [-0.25, -0.2) is 14.2 Å². The zero-order valence-electron chi connectivity index (χ0n) is 7.53. The first-order valence-electron chi connectivity index (χ1n) is 4.27. The quantitative estimate of drug-likeness (QED) is 0.571. The molecule has 0 fully saturated rings. The van der Waals surface area contributed by atoms with E-state index in [4.69, 9.17) is 5.73 Å². The van der Waals surface area contributed by atoms with Gasteiger partial charge in [0.1, 0.15) is 6.20 Å². The summed E-state index contributed by atoms with van der Waals surface area (Å²) in [6.07, 6.45) is 3.84. The van der Waals surface area contributed by atoms with Crippen molar-refractivity contribution < 1.29 is 9.20 Å². The van der Waals surface area contributed by atoms with Crippen LogP contribution >= 0.6 is 0 Å². The molecule has 4 N–H and O–H groups in total. The molecule has 5 nitrogen and oxygen atoms in total. The average molecular weight is 191 g/mol. The van der Waals surface area contributed by atoms with Gasteiger partial charge in [-0.3, -0.25) is 0 Å². The highest BCUT2D eigenvalue weighted by molar-refractivity contribution is 5.71. The Hall–Kier alpha value is -2.04. The first-order chi connectivity index (χ1) is 6.75. The lowest BCUT2D eigenvalue weighted by molar-refractivity contribution is -0.510. The number of urea groups is 1. The Bertz CT molecular complexity index is 430. The maximum atomic E-state index is 10.5. The summed E-state index contributed by atoms with van der Waals surface area (Å²) in [5, 5.41) is 2.52. The van der Waals surface area contributed by atoms with Crippen LogP contribution in [-0.4, -0.2) is 11.0 Å². The van der Waals surface area contributed by atoms with Crippen molar-refractivity contribution in [3.63, 3.8) is 0 Å². The third kappa shape index (κ3) is 1.66. The SMILES string of the molecule is NC(=O)NCc1c[n+]2ccccc2[nH]1. The number of nitrogens with one attached hydrogen (secondary N) is 2. The van der Waals surface area contributed by atoms with Crippen LogP contribution in [0.15, 0.2) is 30.6 Å². The molecule has 72 valence electrons. The molecule has 0 aliphatic heterocycles. The number of hydrogen-bond donors (Lipinski definition) is 3. The lowest BCUT2D eigenvalue weighted by Crippen LogP contribution is -2.28. The van der Waals surface area contributed by atoms with Crippen molar-refractivity contribution in [1.82, 2.24) is 10.3 Å². The average Bonchev–Trinajstić information content (AvgIpc) is 2.57. The predicted molar refractivity (Wildman–Crippen MR) is 50.4 cm³/mol. The first-order valence-corrected chi connectivity index (χ1v) is 4.27. The highest BCUT2D eigenvalue weighted by Crippen LogP contribution is 1.96. The molecule has 0 unspecified atom stereocenters. The largest absolute Gasteiger partial charge is 0.352 e. The molecule has 2 heterocycles. The number of nitrogens with zero attached hydrogens (tertiary/aromatic N) is 1. The van der Waals surface area contributed by atoms with Crippen molar-refractivity contribution in [3.8, 4) is 0 Å². The summed E-state index contributed by atoms with van der Waals surface area (Å²) in [7, 11) is 0. The summed E-state index contributed by atoms with van der Waals surface area (Å²) in [6.45, 7) is 0.414.